The lowest BCUT2D eigenvalue weighted by atomic mass is 10.2. The summed E-state index contributed by atoms with van der Waals surface area (Å²) in [6.45, 7) is 2.91. The quantitative estimate of drug-likeness (QED) is 0.602. The van der Waals surface area contributed by atoms with Gasteiger partial charge in [-0.3, -0.25) is 4.79 Å². The molecule has 0 atom stereocenters. The van der Waals surface area contributed by atoms with Crippen molar-refractivity contribution in [3.05, 3.63) is 21.4 Å². The van der Waals surface area contributed by atoms with E-state index in [1.54, 1.807) is 13.0 Å². The Labute approximate surface area is 101 Å². The van der Waals surface area contributed by atoms with Crippen molar-refractivity contribution in [2.75, 3.05) is 13.2 Å². The van der Waals surface area contributed by atoms with Crippen molar-refractivity contribution >= 4 is 17.1 Å². The number of hydrogen-bond acceptors (Lipinski definition) is 3. The number of carbonyl (C=O) groups is 1. The number of thiophene rings is 1. The molecule has 0 saturated carbocycles. The summed E-state index contributed by atoms with van der Waals surface area (Å²) in [6.07, 6.45) is -5.26. The van der Waals surface area contributed by atoms with E-state index in [2.05, 4.69) is 0 Å². The van der Waals surface area contributed by atoms with E-state index in [4.69, 9.17) is 4.74 Å². The van der Waals surface area contributed by atoms with Crippen LogP contribution < -0.4 is 0 Å². The van der Waals surface area contributed by atoms with Crippen LogP contribution >= 0.6 is 11.3 Å². The largest absolute Gasteiger partial charge is 0.391 e. The Bertz CT molecular complexity index is 396. The number of alkyl halides is 3. The zero-order chi connectivity index (χ0) is 13.1. The smallest absolute Gasteiger partial charge is 0.373 e. The van der Waals surface area contributed by atoms with Crippen molar-refractivity contribution in [3.8, 4) is 0 Å². The molecule has 0 aromatic carbocycles. The highest BCUT2D eigenvalue weighted by Crippen LogP contribution is 2.21. The van der Waals surface area contributed by atoms with Crippen molar-refractivity contribution in [1.29, 1.82) is 0 Å². The zero-order valence-corrected chi connectivity index (χ0v) is 10.4. The number of Topliss-reactive ketones (excluding diaryl/α,β-unsaturated/α-hetero) is 1. The number of rotatable bonds is 5. The number of ether oxygens (including phenoxy) is 1. The zero-order valence-electron chi connectivity index (χ0n) is 9.56. The van der Waals surface area contributed by atoms with Gasteiger partial charge in [0.25, 0.3) is 0 Å². The third kappa shape index (κ3) is 4.87. The summed E-state index contributed by atoms with van der Waals surface area (Å²) in [6, 6.07) is 1.73. The Morgan fingerprint density at radius 3 is 2.53 bits per heavy atom. The molecule has 6 heteroatoms. The second-order valence-corrected chi connectivity index (χ2v) is 5.13. The molecule has 0 aliphatic carbocycles. The predicted octanol–water partition coefficient (Wildman–Crippen LogP) is 3.52. The molecular weight excluding hydrogens is 253 g/mol. The van der Waals surface area contributed by atoms with E-state index in [0.29, 0.717) is 5.56 Å². The van der Waals surface area contributed by atoms with Crippen molar-refractivity contribution in [1.82, 2.24) is 0 Å². The first-order valence-corrected chi connectivity index (χ1v) is 5.86. The number of ketones is 1. The molecule has 0 aliphatic rings. The number of aryl methyl sites for hydroxylation is 2. The molecule has 0 radical (unpaired) electrons. The van der Waals surface area contributed by atoms with Crippen molar-refractivity contribution in [2.24, 2.45) is 0 Å². The summed E-state index contributed by atoms with van der Waals surface area (Å²) in [5.41, 5.74) is 0.541. The molecule has 0 fully saturated rings. The van der Waals surface area contributed by atoms with Gasteiger partial charge in [-0.05, 0) is 19.9 Å². The number of hydrogen-bond donors (Lipinski definition) is 0. The van der Waals surface area contributed by atoms with Crippen LogP contribution in [0.5, 0.6) is 0 Å². The maximum Gasteiger partial charge on any atom is 0.391 e. The molecule has 1 aromatic rings. The van der Waals surface area contributed by atoms with Gasteiger partial charge in [-0.15, -0.1) is 11.3 Å². The molecule has 96 valence electrons. The summed E-state index contributed by atoms with van der Waals surface area (Å²) in [5.74, 6) is -0.269. The summed E-state index contributed by atoms with van der Waals surface area (Å²) in [7, 11) is 0. The maximum atomic E-state index is 11.8. The Morgan fingerprint density at radius 2 is 2.06 bits per heavy atom. The van der Waals surface area contributed by atoms with E-state index in [9.17, 15) is 18.0 Å². The fourth-order valence-corrected chi connectivity index (χ4v) is 2.28. The summed E-state index contributed by atoms with van der Waals surface area (Å²) in [4.78, 5) is 13.5. The van der Waals surface area contributed by atoms with Crippen LogP contribution in [0.15, 0.2) is 6.07 Å². The van der Waals surface area contributed by atoms with Gasteiger partial charge in [-0.25, -0.2) is 0 Å². The van der Waals surface area contributed by atoms with Crippen molar-refractivity contribution < 1.29 is 22.7 Å². The van der Waals surface area contributed by atoms with E-state index in [1.807, 2.05) is 6.92 Å². The minimum Gasteiger partial charge on any atom is -0.373 e. The molecule has 0 spiro atoms. The first-order chi connectivity index (χ1) is 7.79. The summed E-state index contributed by atoms with van der Waals surface area (Å²) in [5, 5.41) is 0. The van der Waals surface area contributed by atoms with Crippen LogP contribution in [-0.4, -0.2) is 25.2 Å². The van der Waals surface area contributed by atoms with E-state index in [0.717, 1.165) is 9.75 Å². The highest BCUT2D eigenvalue weighted by atomic mass is 32.1. The lowest BCUT2D eigenvalue weighted by Crippen LogP contribution is -2.15. The summed E-state index contributed by atoms with van der Waals surface area (Å²) >= 11 is 1.48. The molecule has 0 bridgehead atoms. The Morgan fingerprint density at radius 1 is 1.41 bits per heavy atom. The van der Waals surface area contributed by atoms with Crippen LogP contribution in [0.1, 0.15) is 26.5 Å². The number of halogens is 3. The second kappa shape index (κ2) is 5.64. The van der Waals surface area contributed by atoms with Gasteiger partial charge in [0.1, 0.15) is 6.61 Å². The lowest BCUT2D eigenvalue weighted by Gasteiger charge is -2.06. The summed E-state index contributed by atoms with van der Waals surface area (Å²) < 4.78 is 40.1. The van der Waals surface area contributed by atoms with Gasteiger partial charge in [0.15, 0.2) is 5.78 Å². The van der Waals surface area contributed by atoms with Crippen LogP contribution in [0.3, 0.4) is 0 Å². The van der Waals surface area contributed by atoms with E-state index in [1.165, 1.54) is 11.3 Å². The molecule has 0 amide bonds. The highest BCUT2D eigenvalue weighted by Gasteiger charge is 2.26. The molecule has 0 saturated heterocycles. The van der Waals surface area contributed by atoms with Gasteiger partial charge < -0.3 is 4.74 Å². The van der Waals surface area contributed by atoms with Crippen molar-refractivity contribution in [2.45, 2.75) is 26.4 Å². The van der Waals surface area contributed by atoms with E-state index < -0.39 is 19.2 Å². The molecule has 0 unspecified atom stereocenters. The normalized spacial score (nSPS) is 11.8. The fourth-order valence-electron chi connectivity index (χ4n) is 1.34. The monoisotopic (exact) mass is 266 g/mol. The van der Waals surface area contributed by atoms with Gasteiger partial charge in [-0.2, -0.15) is 13.2 Å². The van der Waals surface area contributed by atoms with Crippen molar-refractivity contribution in [3.63, 3.8) is 0 Å². The Kier molecular flexibility index (Phi) is 4.70. The minimum atomic E-state index is -4.24. The van der Waals surface area contributed by atoms with E-state index in [-0.39, 0.29) is 12.4 Å². The molecule has 1 rings (SSSR count). The second-order valence-electron chi connectivity index (χ2n) is 3.67. The molecule has 0 aliphatic heterocycles. The van der Waals surface area contributed by atoms with Gasteiger partial charge in [0.2, 0.25) is 0 Å². The molecular formula is C11H13F3O2S. The van der Waals surface area contributed by atoms with Crippen LogP contribution in [0.4, 0.5) is 13.2 Å². The van der Waals surface area contributed by atoms with Gasteiger partial charge in [-0.1, -0.05) is 0 Å². The Balaban J connectivity index is 2.38. The molecule has 0 N–H and O–H groups in total. The van der Waals surface area contributed by atoms with Gasteiger partial charge in [0, 0.05) is 15.3 Å². The highest BCUT2D eigenvalue weighted by molar-refractivity contribution is 7.12. The van der Waals surface area contributed by atoms with Crippen LogP contribution in [0.25, 0.3) is 0 Å². The number of carbonyl (C=O) groups excluding carboxylic acids is 1. The predicted molar refractivity (Wildman–Crippen MR) is 59.6 cm³/mol. The minimum absolute atomic E-state index is 0.269. The van der Waals surface area contributed by atoms with Crippen LogP contribution in [-0.2, 0) is 4.74 Å². The van der Waals surface area contributed by atoms with E-state index >= 15 is 0 Å². The van der Waals surface area contributed by atoms with Crippen LogP contribution in [0.2, 0.25) is 0 Å². The topological polar surface area (TPSA) is 26.3 Å². The Hall–Kier alpha value is -0.880. The molecule has 1 heterocycles. The fraction of sp³-hybridized carbons (Fsp3) is 0.545. The first kappa shape index (κ1) is 14.2. The third-order valence-corrected chi connectivity index (χ3v) is 3.07. The SMILES string of the molecule is Cc1cc(C(=O)COCCC(F)(F)F)c(C)s1. The maximum absolute atomic E-state index is 11.8. The van der Waals surface area contributed by atoms with Gasteiger partial charge >= 0.3 is 6.18 Å². The first-order valence-electron chi connectivity index (χ1n) is 5.04. The molecule has 2 nitrogen and oxygen atoms in total. The lowest BCUT2D eigenvalue weighted by molar-refractivity contribution is -0.144. The molecule has 17 heavy (non-hydrogen) atoms. The van der Waals surface area contributed by atoms with Gasteiger partial charge in [0.05, 0.1) is 13.0 Å². The molecule has 1 aromatic heterocycles. The average Bonchev–Trinajstić information content (AvgIpc) is 2.51. The average molecular weight is 266 g/mol. The van der Waals surface area contributed by atoms with Crippen LogP contribution in [0, 0.1) is 13.8 Å². The standard InChI is InChI=1S/C11H13F3O2S/c1-7-5-9(8(2)17-7)10(15)6-16-4-3-11(12,13)14/h5H,3-4,6H2,1-2H3. The third-order valence-electron chi connectivity index (χ3n) is 2.10.